The molecule has 0 atom stereocenters. The zero-order valence-electron chi connectivity index (χ0n) is 9.82. The number of nitrogens with one attached hydrogen (secondary N) is 1. The maximum atomic E-state index is 11.4. The number of carbonyl (C=O) groups excluding carboxylic acids is 2. The van der Waals surface area contributed by atoms with Crippen LogP contribution in [0.5, 0.6) is 0 Å². The second-order valence-corrected chi connectivity index (χ2v) is 4.11. The summed E-state index contributed by atoms with van der Waals surface area (Å²) in [7, 11) is 0. The molecule has 5 heteroatoms. The van der Waals surface area contributed by atoms with E-state index in [1.165, 1.54) is 6.08 Å². The van der Waals surface area contributed by atoms with E-state index in [2.05, 4.69) is 11.9 Å². The molecule has 1 N–H and O–H groups in total. The molecular weight excluding hydrogens is 218 g/mol. The van der Waals surface area contributed by atoms with Crippen molar-refractivity contribution >= 4 is 11.8 Å². The number of amides is 2. The summed E-state index contributed by atoms with van der Waals surface area (Å²) in [6.07, 6.45) is 2.95. The van der Waals surface area contributed by atoms with E-state index in [1.54, 1.807) is 4.90 Å². The van der Waals surface area contributed by atoms with E-state index in [0.29, 0.717) is 25.6 Å². The second kappa shape index (κ2) is 6.69. The van der Waals surface area contributed by atoms with Gasteiger partial charge < -0.3 is 10.2 Å². The van der Waals surface area contributed by atoms with Gasteiger partial charge in [-0.1, -0.05) is 6.58 Å². The van der Waals surface area contributed by atoms with Crippen LogP contribution in [0.2, 0.25) is 0 Å². The van der Waals surface area contributed by atoms with Crippen molar-refractivity contribution < 1.29 is 9.59 Å². The average molecular weight is 235 g/mol. The quantitative estimate of drug-likeness (QED) is 0.719. The van der Waals surface area contributed by atoms with Gasteiger partial charge in [0.15, 0.2) is 0 Å². The van der Waals surface area contributed by atoms with Gasteiger partial charge in [-0.3, -0.25) is 9.59 Å². The fourth-order valence-electron chi connectivity index (χ4n) is 1.88. The van der Waals surface area contributed by atoms with Crippen LogP contribution in [0.15, 0.2) is 12.7 Å². The smallest absolute Gasteiger partial charge is 0.243 e. The van der Waals surface area contributed by atoms with Crippen molar-refractivity contribution in [3.8, 4) is 6.07 Å². The molecule has 0 unspecified atom stereocenters. The number of nitrogens with zero attached hydrogens (tertiary/aromatic N) is 2. The number of likely N-dealkylation sites (tertiary alicyclic amines) is 1. The lowest BCUT2D eigenvalue weighted by Gasteiger charge is -2.31. The molecule has 5 nitrogen and oxygen atoms in total. The molecule has 0 bridgehead atoms. The van der Waals surface area contributed by atoms with Gasteiger partial charge in [0.25, 0.3) is 0 Å². The van der Waals surface area contributed by atoms with Crippen LogP contribution in [0.25, 0.3) is 0 Å². The summed E-state index contributed by atoms with van der Waals surface area (Å²) in [6.45, 7) is 5.37. The topological polar surface area (TPSA) is 73.2 Å². The fraction of sp³-hybridized carbons (Fsp3) is 0.583. The highest BCUT2D eigenvalue weighted by Crippen LogP contribution is 2.16. The van der Waals surface area contributed by atoms with Gasteiger partial charge >= 0.3 is 0 Å². The van der Waals surface area contributed by atoms with Gasteiger partial charge in [-0.05, 0) is 24.8 Å². The van der Waals surface area contributed by atoms with Crippen molar-refractivity contribution in [3.05, 3.63) is 12.7 Å². The van der Waals surface area contributed by atoms with Crippen molar-refractivity contribution in [1.82, 2.24) is 10.2 Å². The fourth-order valence-corrected chi connectivity index (χ4v) is 1.88. The third-order valence-electron chi connectivity index (χ3n) is 2.95. The molecule has 2 amide bonds. The highest BCUT2D eigenvalue weighted by atomic mass is 16.2. The Kier molecular flexibility index (Phi) is 5.21. The van der Waals surface area contributed by atoms with Crippen molar-refractivity contribution in [1.29, 1.82) is 5.26 Å². The predicted octanol–water partition coefficient (Wildman–Crippen LogP) is 0.441. The summed E-state index contributed by atoms with van der Waals surface area (Å²) in [5.74, 6) is 0.152. The Morgan fingerprint density at radius 3 is 2.65 bits per heavy atom. The lowest BCUT2D eigenvalue weighted by molar-refractivity contribution is -0.131. The van der Waals surface area contributed by atoms with Crippen molar-refractivity contribution in [2.24, 2.45) is 5.92 Å². The average Bonchev–Trinajstić information content (AvgIpc) is 2.36. The number of carbonyl (C=O) groups is 2. The standard InChI is InChI=1S/C12H17N3O2/c1-2-11(16)14-9-10-4-7-15(8-5-10)12(17)3-6-13/h2,10H,1,3-5,7-9H2,(H,14,16). The maximum absolute atomic E-state index is 11.4. The van der Waals surface area contributed by atoms with Crippen LogP contribution in [0, 0.1) is 17.2 Å². The molecule has 0 radical (unpaired) electrons. The molecule has 0 spiro atoms. The lowest BCUT2D eigenvalue weighted by Crippen LogP contribution is -2.41. The first kappa shape index (κ1) is 13.2. The van der Waals surface area contributed by atoms with Gasteiger partial charge in [0.05, 0.1) is 6.07 Å². The minimum absolute atomic E-state index is 0.0438. The summed E-state index contributed by atoms with van der Waals surface area (Å²) in [5.41, 5.74) is 0. The van der Waals surface area contributed by atoms with Gasteiger partial charge in [0, 0.05) is 19.6 Å². The van der Waals surface area contributed by atoms with E-state index < -0.39 is 0 Å². The van der Waals surface area contributed by atoms with Gasteiger partial charge in [0.1, 0.15) is 6.42 Å². The number of hydrogen-bond acceptors (Lipinski definition) is 3. The maximum Gasteiger partial charge on any atom is 0.243 e. The molecule has 0 aliphatic carbocycles. The molecule has 1 heterocycles. The van der Waals surface area contributed by atoms with Crippen molar-refractivity contribution in [2.45, 2.75) is 19.3 Å². The largest absolute Gasteiger partial charge is 0.352 e. The third-order valence-corrected chi connectivity index (χ3v) is 2.95. The van der Waals surface area contributed by atoms with Gasteiger partial charge in [-0.25, -0.2) is 0 Å². The summed E-state index contributed by atoms with van der Waals surface area (Å²) < 4.78 is 0. The first-order valence-electron chi connectivity index (χ1n) is 5.72. The third kappa shape index (κ3) is 4.27. The van der Waals surface area contributed by atoms with Crippen LogP contribution in [-0.4, -0.2) is 36.3 Å². The lowest BCUT2D eigenvalue weighted by atomic mass is 9.96. The molecule has 1 rings (SSSR count). The molecule has 1 aliphatic heterocycles. The van der Waals surface area contributed by atoms with Crippen molar-refractivity contribution in [3.63, 3.8) is 0 Å². The zero-order valence-corrected chi connectivity index (χ0v) is 9.82. The summed E-state index contributed by atoms with van der Waals surface area (Å²) in [4.78, 5) is 24.1. The van der Waals surface area contributed by atoms with E-state index in [9.17, 15) is 9.59 Å². The first-order chi connectivity index (χ1) is 8.17. The molecule has 92 valence electrons. The monoisotopic (exact) mass is 235 g/mol. The van der Waals surface area contributed by atoms with E-state index >= 15 is 0 Å². The molecule has 0 saturated carbocycles. The van der Waals surface area contributed by atoms with E-state index in [4.69, 9.17) is 5.26 Å². The van der Waals surface area contributed by atoms with E-state index in [1.807, 2.05) is 6.07 Å². The Labute approximate surface area is 101 Å². The summed E-state index contributed by atoms with van der Waals surface area (Å²) in [5, 5.41) is 11.2. The van der Waals surface area contributed by atoms with Crippen LogP contribution in [0.3, 0.4) is 0 Å². The Bertz CT molecular complexity index is 338. The Morgan fingerprint density at radius 2 is 2.12 bits per heavy atom. The van der Waals surface area contributed by atoms with Gasteiger partial charge in [0.2, 0.25) is 11.8 Å². The van der Waals surface area contributed by atoms with Gasteiger partial charge in [-0.2, -0.15) is 5.26 Å². The van der Waals surface area contributed by atoms with Crippen LogP contribution in [0.4, 0.5) is 0 Å². The van der Waals surface area contributed by atoms with E-state index in [0.717, 1.165) is 12.8 Å². The number of nitriles is 1. The highest BCUT2D eigenvalue weighted by Gasteiger charge is 2.22. The first-order valence-corrected chi connectivity index (χ1v) is 5.72. The van der Waals surface area contributed by atoms with Gasteiger partial charge in [-0.15, -0.1) is 0 Å². The highest BCUT2D eigenvalue weighted by molar-refractivity contribution is 5.86. The Balaban J connectivity index is 2.26. The Hall–Kier alpha value is -1.83. The molecule has 1 fully saturated rings. The van der Waals surface area contributed by atoms with Crippen LogP contribution >= 0.6 is 0 Å². The molecule has 17 heavy (non-hydrogen) atoms. The number of rotatable bonds is 4. The molecular formula is C12H17N3O2. The Morgan fingerprint density at radius 1 is 1.47 bits per heavy atom. The zero-order chi connectivity index (χ0) is 12.7. The van der Waals surface area contributed by atoms with Crippen molar-refractivity contribution in [2.75, 3.05) is 19.6 Å². The number of hydrogen-bond donors (Lipinski definition) is 1. The molecule has 1 aliphatic rings. The minimum atomic E-state index is -0.159. The predicted molar refractivity (Wildman–Crippen MR) is 62.7 cm³/mol. The van der Waals surface area contributed by atoms with Crippen LogP contribution < -0.4 is 5.32 Å². The van der Waals surface area contributed by atoms with Crippen LogP contribution in [0.1, 0.15) is 19.3 Å². The summed E-state index contributed by atoms with van der Waals surface area (Å²) >= 11 is 0. The molecule has 0 aromatic rings. The minimum Gasteiger partial charge on any atom is -0.352 e. The van der Waals surface area contributed by atoms with Crippen LogP contribution in [-0.2, 0) is 9.59 Å². The molecule has 0 aromatic carbocycles. The number of piperidine rings is 1. The normalized spacial score (nSPS) is 16.1. The van der Waals surface area contributed by atoms with E-state index in [-0.39, 0.29) is 18.2 Å². The molecule has 0 aromatic heterocycles. The molecule has 1 saturated heterocycles. The second-order valence-electron chi connectivity index (χ2n) is 4.11. The SMILES string of the molecule is C=CC(=O)NCC1CCN(C(=O)CC#N)CC1. The summed E-state index contributed by atoms with van der Waals surface area (Å²) in [6, 6.07) is 1.86.